The van der Waals surface area contributed by atoms with Crippen molar-refractivity contribution in [3.8, 4) is 11.8 Å². The third-order valence-corrected chi connectivity index (χ3v) is 2.99. The minimum atomic E-state index is -0.241. The molecule has 0 aromatic carbocycles. The lowest BCUT2D eigenvalue weighted by Crippen LogP contribution is -2.37. The highest BCUT2D eigenvalue weighted by atomic mass is 16.2. The fourth-order valence-electron chi connectivity index (χ4n) is 1.32. The maximum atomic E-state index is 11.6. The van der Waals surface area contributed by atoms with E-state index in [4.69, 9.17) is 4.79 Å². The lowest BCUT2D eigenvalue weighted by atomic mass is 10.1. The van der Waals surface area contributed by atoms with E-state index in [0.29, 0.717) is 0 Å². The third-order valence-electron chi connectivity index (χ3n) is 2.99. The molecule has 0 bridgehead atoms. The lowest BCUT2D eigenvalue weighted by molar-refractivity contribution is -0.124. The van der Waals surface area contributed by atoms with Gasteiger partial charge in [-0.05, 0) is 46.7 Å². The fourth-order valence-corrected chi connectivity index (χ4v) is 1.32. The van der Waals surface area contributed by atoms with Gasteiger partial charge in [0.25, 0.3) is 5.91 Å². The van der Waals surface area contributed by atoms with Crippen molar-refractivity contribution in [1.29, 1.82) is 0 Å². The molecule has 96 valence electrons. The highest BCUT2D eigenvalue weighted by Gasteiger charge is 2.19. The van der Waals surface area contributed by atoms with Crippen LogP contribution in [0.4, 0.5) is 0 Å². The number of nitrogens with zero attached hydrogens (tertiary/aromatic N) is 2. The molecule has 1 aliphatic heterocycles. The summed E-state index contributed by atoms with van der Waals surface area (Å²) in [5.41, 5.74) is -0.241. The van der Waals surface area contributed by atoms with E-state index in [0.717, 1.165) is 25.9 Å². The minimum absolute atomic E-state index is 0.0255. The van der Waals surface area contributed by atoms with E-state index in [1.165, 1.54) is 0 Å². The van der Waals surface area contributed by atoms with Crippen molar-refractivity contribution < 1.29 is 9.59 Å². The van der Waals surface area contributed by atoms with Crippen molar-refractivity contribution in [1.82, 2.24) is 9.80 Å². The second-order valence-corrected chi connectivity index (χ2v) is 4.70. The van der Waals surface area contributed by atoms with Crippen molar-refractivity contribution in [3.05, 3.63) is 0 Å². The van der Waals surface area contributed by atoms with Crippen LogP contribution in [0.15, 0.2) is 0 Å². The number of carbonyl (C=O) groups is 2. The first-order valence-corrected chi connectivity index (χ1v) is 5.72. The number of hydrogen-bond acceptors (Lipinski definition) is 3. The van der Waals surface area contributed by atoms with Crippen LogP contribution in [0.3, 0.4) is 0 Å². The molecule has 1 saturated heterocycles. The summed E-state index contributed by atoms with van der Waals surface area (Å²) in [6.45, 7) is 7.76. The number of amides is 1. The molecule has 0 spiro atoms. The Labute approximate surface area is 104 Å². The molecule has 1 aliphatic rings. The van der Waals surface area contributed by atoms with Crippen molar-refractivity contribution in [2.45, 2.75) is 32.2 Å². The first kappa shape index (κ1) is 15.7. The molecule has 17 heavy (non-hydrogen) atoms. The minimum Gasteiger partial charge on any atom is -0.332 e. The molecule has 0 unspecified atom stereocenters. The molecule has 0 aromatic rings. The highest BCUT2D eigenvalue weighted by Crippen LogP contribution is 2.09. The van der Waals surface area contributed by atoms with Crippen molar-refractivity contribution in [2.24, 2.45) is 0 Å². The Balaban J connectivity index is 0.00000121. The zero-order chi connectivity index (χ0) is 13.5. The van der Waals surface area contributed by atoms with E-state index in [2.05, 4.69) is 11.8 Å². The zero-order valence-electron chi connectivity index (χ0n) is 11.2. The molecule has 1 amide bonds. The van der Waals surface area contributed by atoms with Crippen LogP contribution in [0.5, 0.6) is 0 Å². The van der Waals surface area contributed by atoms with Gasteiger partial charge < -0.3 is 9.69 Å². The van der Waals surface area contributed by atoms with Gasteiger partial charge in [-0.2, -0.15) is 0 Å². The average molecular weight is 238 g/mol. The summed E-state index contributed by atoms with van der Waals surface area (Å²) in [4.78, 5) is 23.5. The van der Waals surface area contributed by atoms with Gasteiger partial charge >= 0.3 is 0 Å². The Hall–Kier alpha value is -1.34. The normalized spacial score (nSPS) is 14.8. The van der Waals surface area contributed by atoms with E-state index in [9.17, 15) is 4.79 Å². The van der Waals surface area contributed by atoms with Crippen LogP contribution in [0.2, 0.25) is 0 Å². The maximum Gasteiger partial charge on any atom is 0.298 e. The number of carbonyl (C=O) groups excluding carboxylic acids is 2. The lowest BCUT2D eigenvalue weighted by Gasteiger charge is -2.26. The quantitative estimate of drug-likeness (QED) is 0.633. The molecule has 1 rings (SSSR count). The Morgan fingerprint density at radius 3 is 2.12 bits per heavy atom. The second kappa shape index (κ2) is 7.08. The second-order valence-electron chi connectivity index (χ2n) is 4.70. The highest BCUT2D eigenvalue weighted by molar-refractivity contribution is 5.93. The molecule has 1 fully saturated rings. The van der Waals surface area contributed by atoms with Crippen molar-refractivity contribution >= 4 is 12.7 Å². The zero-order valence-corrected chi connectivity index (χ0v) is 11.2. The first-order chi connectivity index (χ1) is 7.93. The van der Waals surface area contributed by atoms with E-state index >= 15 is 0 Å². The van der Waals surface area contributed by atoms with Gasteiger partial charge in [-0.15, -0.1) is 0 Å². The summed E-state index contributed by atoms with van der Waals surface area (Å²) in [5, 5.41) is 0. The topological polar surface area (TPSA) is 40.6 Å². The molecule has 0 aliphatic carbocycles. The van der Waals surface area contributed by atoms with E-state index < -0.39 is 0 Å². The molecule has 0 N–H and O–H groups in total. The molecule has 0 atom stereocenters. The number of hydrogen-bond donors (Lipinski definition) is 0. The summed E-state index contributed by atoms with van der Waals surface area (Å²) in [5.74, 6) is 5.74. The van der Waals surface area contributed by atoms with Gasteiger partial charge in [0.05, 0.1) is 5.54 Å². The smallest absolute Gasteiger partial charge is 0.298 e. The maximum absolute atomic E-state index is 11.6. The molecule has 0 radical (unpaired) electrons. The molecular weight excluding hydrogens is 216 g/mol. The van der Waals surface area contributed by atoms with E-state index in [1.54, 1.807) is 0 Å². The Bertz CT molecular complexity index is 307. The van der Waals surface area contributed by atoms with Crippen LogP contribution in [0.1, 0.15) is 26.7 Å². The Kier molecular flexibility index (Phi) is 6.52. The summed E-state index contributed by atoms with van der Waals surface area (Å²) >= 11 is 0. The van der Waals surface area contributed by atoms with Crippen LogP contribution in [0, 0.1) is 11.8 Å². The Morgan fingerprint density at radius 1 is 1.24 bits per heavy atom. The molecule has 0 saturated carbocycles. The largest absolute Gasteiger partial charge is 0.332 e. The van der Waals surface area contributed by atoms with Crippen molar-refractivity contribution in [2.75, 3.05) is 27.2 Å². The predicted octanol–water partition coefficient (Wildman–Crippen LogP) is 0.767. The van der Waals surface area contributed by atoms with Gasteiger partial charge in [0, 0.05) is 13.1 Å². The van der Waals surface area contributed by atoms with Gasteiger partial charge in [0.2, 0.25) is 0 Å². The van der Waals surface area contributed by atoms with Gasteiger partial charge in [0.15, 0.2) is 0 Å². The summed E-state index contributed by atoms with van der Waals surface area (Å²) in [6, 6.07) is 0. The fraction of sp³-hybridized carbons (Fsp3) is 0.692. The average Bonchev–Trinajstić information content (AvgIpc) is 2.82. The summed E-state index contributed by atoms with van der Waals surface area (Å²) in [7, 11) is 3.93. The van der Waals surface area contributed by atoms with Crippen LogP contribution < -0.4 is 0 Å². The van der Waals surface area contributed by atoms with Gasteiger partial charge in [-0.1, -0.05) is 5.92 Å². The number of rotatable bonds is 1. The Morgan fingerprint density at radius 2 is 1.71 bits per heavy atom. The third kappa shape index (κ3) is 5.01. The SMILES string of the molecule is C=O.CN(C)C(C)(C)C#CC(=O)N1CCCC1. The molecule has 0 aromatic heterocycles. The molecule has 4 nitrogen and oxygen atoms in total. The predicted molar refractivity (Wildman–Crippen MR) is 68.5 cm³/mol. The summed E-state index contributed by atoms with van der Waals surface area (Å²) < 4.78 is 0. The summed E-state index contributed by atoms with van der Waals surface area (Å²) in [6.07, 6.45) is 2.23. The van der Waals surface area contributed by atoms with E-state index in [-0.39, 0.29) is 11.4 Å². The molecule has 1 heterocycles. The first-order valence-electron chi connectivity index (χ1n) is 5.72. The van der Waals surface area contributed by atoms with Crippen LogP contribution in [-0.2, 0) is 9.59 Å². The number of likely N-dealkylation sites (tertiary alicyclic amines) is 1. The monoisotopic (exact) mass is 238 g/mol. The van der Waals surface area contributed by atoms with Gasteiger partial charge in [0.1, 0.15) is 6.79 Å². The van der Waals surface area contributed by atoms with E-state index in [1.807, 2.05) is 44.5 Å². The van der Waals surface area contributed by atoms with Crippen LogP contribution in [-0.4, -0.2) is 55.2 Å². The molecule has 4 heteroatoms. The van der Waals surface area contributed by atoms with Crippen molar-refractivity contribution in [3.63, 3.8) is 0 Å². The van der Waals surface area contributed by atoms with Gasteiger partial charge in [-0.3, -0.25) is 9.69 Å². The van der Waals surface area contributed by atoms with Crippen LogP contribution >= 0.6 is 0 Å². The standard InChI is InChI=1S/C12H20N2O.CH2O/c1-12(2,13(3)4)8-7-11(15)14-9-5-6-10-14;1-2/h5-6,9-10H2,1-4H3;1H2. The molecular formula is C13H22N2O2. The van der Waals surface area contributed by atoms with Gasteiger partial charge in [-0.25, -0.2) is 0 Å². The van der Waals surface area contributed by atoms with Crippen LogP contribution in [0.25, 0.3) is 0 Å².